The number of pyridine rings is 3. The van der Waals surface area contributed by atoms with E-state index in [9.17, 15) is 19.8 Å². The Morgan fingerprint density at radius 2 is 1.27 bits per heavy atom. The number of rotatable bonds is 13. The lowest BCUT2D eigenvalue weighted by Crippen LogP contribution is -2.13. The third-order valence-electron chi connectivity index (χ3n) is 10.0. The van der Waals surface area contributed by atoms with Crippen molar-refractivity contribution in [3.8, 4) is 28.0 Å². The quantitative estimate of drug-likeness (QED) is 0.0560. The third-order valence-corrected chi connectivity index (χ3v) is 10.4. The molecule has 0 spiro atoms. The highest BCUT2D eigenvalue weighted by Crippen LogP contribution is 2.33. The summed E-state index contributed by atoms with van der Waals surface area (Å²) in [7, 11) is 4.26. The van der Waals surface area contributed by atoms with Crippen LogP contribution in [0.25, 0.3) is 44.1 Å². The van der Waals surface area contributed by atoms with E-state index in [2.05, 4.69) is 24.2 Å². The Hall–Kier alpha value is -6.65. The Labute approximate surface area is 364 Å². The maximum absolute atomic E-state index is 11.9. The zero-order valence-electron chi connectivity index (χ0n) is 35.6. The van der Waals surface area contributed by atoms with E-state index >= 15 is 0 Å². The third kappa shape index (κ3) is 11.6. The average Bonchev–Trinajstić information content (AvgIpc) is 3.29. The second-order valence-corrected chi connectivity index (χ2v) is 15.0. The van der Waals surface area contributed by atoms with Gasteiger partial charge >= 0.3 is 0 Å². The second-order valence-electron chi connectivity index (χ2n) is 14.3. The summed E-state index contributed by atoms with van der Waals surface area (Å²) < 4.78 is 5.23. The molecule has 0 saturated heterocycles. The number of fused-ring (bicyclic) bond motifs is 2. The van der Waals surface area contributed by atoms with Crippen LogP contribution in [0.2, 0.25) is 0 Å². The normalized spacial score (nSPS) is 12.0. The molecule has 0 radical (unpaired) electrons. The number of carbonyl (C=O) groups excluding carboxylic acids is 2. The number of hydrogen-bond donors (Lipinski definition) is 5. The molecule has 3 unspecified atom stereocenters. The minimum atomic E-state index is -0.766. The van der Waals surface area contributed by atoms with E-state index < -0.39 is 24.0 Å². The van der Waals surface area contributed by atoms with Crippen LogP contribution in [0, 0.1) is 12.3 Å². The standard InChI is InChI=1S/C25H23N3O3.C23H24N3O2P.C2H6/c1-15-3-4-16(14-27-15)11-24(29)18-7-10-20-21(17-5-8-19(31-2)9-6-17)13-23(25(26)30)28-22(20)12-18;1-2-3-14(13-24)10-22(27)16-6-9-18-19(15-4-7-17(29)8-5-15)12-21(23(25)28)26-20(18)11-16;1-2/h3-10,12-14,24,29H,11H2,1-2H3,(H2,26,30);3-9,11-13,22,24,27H,2,10,29H2,1H3,(H2,25,28);1-2H3/b;14-3-,24-13?;. The van der Waals surface area contributed by atoms with E-state index in [0.717, 1.165) is 67.3 Å². The van der Waals surface area contributed by atoms with Crippen molar-refractivity contribution in [1.29, 1.82) is 5.41 Å². The van der Waals surface area contributed by atoms with Crippen molar-refractivity contribution >= 4 is 54.4 Å². The van der Waals surface area contributed by atoms with Crippen molar-refractivity contribution in [1.82, 2.24) is 15.0 Å². The first-order chi connectivity index (χ1) is 29.9. The Balaban J connectivity index is 0.000000226. The number of allylic oxidation sites excluding steroid dienone is 1. The van der Waals surface area contributed by atoms with Crippen molar-refractivity contribution in [2.24, 2.45) is 11.5 Å². The van der Waals surface area contributed by atoms with Gasteiger partial charge in [0.15, 0.2) is 0 Å². The van der Waals surface area contributed by atoms with Crippen LogP contribution in [0.4, 0.5) is 0 Å². The predicted molar refractivity (Wildman–Crippen MR) is 253 cm³/mol. The van der Waals surface area contributed by atoms with Gasteiger partial charge < -0.3 is 31.8 Å². The number of carbonyl (C=O) groups is 2. The molecule has 318 valence electrons. The van der Waals surface area contributed by atoms with Crippen molar-refractivity contribution in [2.45, 2.75) is 59.2 Å². The number of nitrogens with one attached hydrogen (secondary N) is 1. The Kier molecular flexibility index (Phi) is 16.3. The second kappa shape index (κ2) is 21.7. The minimum Gasteiger partial charge on any atom is -0.497 e. The monoisotopic (exact) mass is 848 g/mol. The first-order valence-electron chi connectivity index (χ1n) is 20.3. The van der Waals surface area contributed by atoms with Crippen LogP contribution in [-0.4, -0.2) is 50.3 Å². The molecular formula is C50H53N6O5P. The molecule has 0 aliphatic carbocycles. The molecule has 3 heterocycles. The van der Waals surface area contributed by atoms with Crippen LogP contribution in [0.5, 0.6) is 5.75 Å². The van der Waals surface area contributed by atoms with Crippen LogP contribution in [0.1, 0.15) is 89.2 Å². The number of benzene rings is 4. The first-order valence-corrected chi connectivity index (χ1v) is 20.9. The molecule has 62 heavy (non-hydrogen) atoms. The Morgan fingerprint density at radius 3 is 1.73 bits per heavy atom. The Morgan fingerprint density at radius 1 is 0.758 bits per heavy atom. The van der Waals surface area contributed by atoms with Crippen LogP contribution in [0.3, 0.4) is 0 Å². The van der Waals surface area contributed by atoms with E-state index in [1.165, 1.54) is 6.21 Å². The van der Waals surface area contributed by atoms with E-state index in [-0.39, 0.29) is 11.4 Å². The zero-order valence-corrected chi connectivity index (χ0v) is 36.7. The fourth-order valence-electron chi connectivity index (χ4n) is 6.83. The number of aliphatic hydroxyl groups excluding tert-OH is 2. The van der Waals surface area contributed by atoms with Crippen LogP contribution in [0.15, 0.2) is 127 Å². The van der Waals surface area contributed by atoms with Crippen LogP contribution < -0.4 is 21.5 Å². The van der Waals surface area contributed by atoms with Crippen molar-refractivity contribution in [3.05, 3.63) is 161 Å². The van der Waals surface area contributed by atoms with Crippen molar-refractivity contribution in [3.63, 3.8) is 0 Å². The minimum absolute atomic E-state index is 0.174. The van der Waals surface area contributed by atoms with Gasteiger partial charge in [0.05, 0.1) is 30.4 Å². The van der Waals surface area contributed by atoms with E-state index in [1.54, 1.807) is 37.6 Å². The van der Waals surface area contributed by atoms with Gasteiger partial charge in [0.1, 0.15) is 17.1 Å². The summed E-state index contributed by atoms with van der Waals surface area (Å²) in [6.45, 7) is 7.92. The number of amides is 2. The molecule has 0 aliphatic heterocycles. The number of hydrogen-bond acceptors (Lipinski definition) is 9. The van der Waals surface area contributed by atoms with E-state index in [1.807, 2.05) is 119 Å². The molecule has 12 heteroatoms. The maximum Gasteiger partial charge on any atom is 0.267 e. The molecule has 0 bridgehead atoms. The molecule has 0 fully saturated rings. The molecule has 3 aromatic heterocycles. The number of primary amides is 2. The number of methoxy groups -OCH3 is 1. The molecule has 7 N–H and O–H groups in total. The number of nitrogens with two attached hydrogens (primary N) is 2. The fraction of sp³-hybridized carbons (Fsp3) is 0.200. The van der Waals surface area contributed by atoms with Gasteiger partial charge in [-0.05, 0) is 106 Å². The lowest BCUT2D eigenvalue weighted by molar-refractivity contribution is 0.0987. The average molecular weight is 849 g/mol. The molecule has 7 rings (SSSR count). The van der Waals surface area contributed by atoms with Crippen molar-refractivity contribution in [2.75, 3.05) is 7.11 Å². The van der Waals surface area contributed by atoms with E-state index in [4.69, 9.17) is 21.6 Å². The van der Waals surface area contributed by atoms with Gasteiger partial charge in [0, 0.05) is 41.7 Å². The Bertz CT molecular complexity index is 2700. The molecule has 0 aliphatic rings. The fourth-order valence-corrected chi connectivity index (χ4v) is 7.03. The highest BCUT2D eigenvalue weighted by atomic mass is 31.0. The molecule has 3 atom stereocenters. The molecule has 0 saturated carbocycles. The lowest BCUT2D eigenvalue weighted by Gasteiger charge is -2.14. The first kappa shape index (κ1) is 46.4. The molecule has 11 nitrogen and oxygen atoms in total. The van der Waals surface area contributed by atoms with Gasteiger partial charge in [0.2, 0.25) is 0 Å². The van der Waals surface area contributed by atoms with Gasteiger partial charge in [0.25, 0.3) is 11.8 Å². The number of nitrogens with zero attached hydrogens (tertiary/aromatic N) is 3. The molecule has 4 aromatic carbocycles. The summed E-state index contributed by atoms with van der Waals surface area (Å²) in [5.41, 5.74) is 20.2. The summed E-state index contributed by atoms with van der Waals surface area (Å²) in [5.74, 6) is -0.458. The summed E-state index contributed by atoms with van der Waals surface area (Å²) in [6, 6.07) is 33.9. The maximum atomic E-state index is 11.9. The van der Waals surface area contributed by atoms with Crippen LogP contribution in [-0.2, 0) is 6.42 Å². The topological polar surface area (TPSA) is 198 Å². The number of aryl methyl sites for hydroxylation is 1. The smallest absolute Gasteiger partial charge is 0.267 e. The van der Waals surface area contributed by atoms with Gasteiger partial charge in [-0.2, -0.15) is 0 Å². The number of aromatic nitrogens is 3. The van der Waals surface area contributed by atoms with Gasteiger partial charge in [-0.25, -0.2) is 9.97 Å². The molecular weight excluding hydrogens is 796 g/mol. The molecule has 2 amide bonds. The SMILES string of the molecule is CC.CC/C=C(\C=N)CC(O)c1ccc2c(-c3ccc(P)cc3)cc(C(N)=O)nc2c1.COc1ccc(-c2cc(C(N)=O)nc3cc(C(O)Cc4ccc(C)nc4)ccc23)cc1. The highest BCUT2D eigenvalue weighted by Gasteiger charge is 2.17. The number of aliphatic hydroxyl groups is 2. The van der Waals surface area contributed by atoms with Gasteiger partial charge in [-0.15, -0.1) is 9.24 Å². The highest BCUT2D eigenvalue weighted by molar-refractivity contribution is 7.27. The lowest BCUT2D eigenvalue weighted by atomic mass is 9.96. The predicted octanol–water partition coefficient (Wildman–Crippen LogP) is 8.93. The summed E-state index contributed by atoms with van der Waals surface area (Å²) in [5, 5.41) is 31.7. The van der Waals surface area contributed by atoms with Crippen molar-refractivity contribution < 1.29 is 24.5 Å². The summed E-state index contributed by atoms with van der Waals surface area (Å²) >= 11 is 0. The van der Waals surface area contributed by atoms with Gasteiger partial charge in [-0.3, -0.25) is 14.6 Å². The van der Waals surface area contributed by atoms with E-state index in [0.29, 0.717) is 35.0 Å². The molecule has 7 aromatic rings. The summed E-state index contributed by atoms with van der Waals surface area (Å²) in [6.07, 6.45) is 5.05. The number of ether oxygens (including phenoxy) is 1. The van der Waals surface area contributed by atoms with Crippen LogP contribution >= 0.6 is 9.24 Å². The largest absolute Gasteiger partial charge is 0.497 e. The zero-order chi connectivity index (χ0) is 44.9. The summed E-state index contributed by atoms with van der Waals surface area (Å²) in [4.78, 5) is 36.9. The van der Waals surface area contributed by atoms with Gasteiger partial charge in [-0.1, -0.05) is 93.6 Å².